The minimum Gasteiger partial charge on any atom is -0.507 e. The second kappa shape index (κ2) is 11.8. The van der Waals surface area contributed by atoms with E-state index in [-0.39, 0.29) is 35.7 Å². The molecule has 0 saturated carbocycles. The largest absolute Gasteiger partial charge is 0.507 e. The lowest BCUT2D eigenvalue weighted by Gasteiger charge is -2.22. The zero-order chi connectivity index (χ0) is 21.8. The second-order valence-electron chi connectivity index (χ2n) is 5.95. The predicted molar refractivity (Wildman–Crippen MR) is 107 cm³/mol. The molecule has 0 saturated heterocycles. The molecule has 0 bridgehead atoms. The van der Waals surface area contributed by atoms with Gasteiger partial charge in [-0.1, -0.05) is 6.58 Å². The van der Waals surface area contributed by atoms with E-state index in [0.29, 0.717) is 19.5 Å². The van der Waals surface area contributed by atoms with Gasteiger partial charge in [-0.2, -0.15) is 10.5 Å². The van der Waals surface area contributed by atoms with Crippen LogP contribution in [0.4, 0.5) is 5.69 Å². The van der Waals surface area contributed by atoms with E-state index >= 15 is 0 Å². The zero-order valence-corrected chi connectivity index (χ0v) is 16.5. The van der Waals surface area contributed by atoms with Crippen LogP contribution in [0, 0.1) is 22.7 Å². The van der Waals surface area contributed by atoms with Crippen LogP contribution in [0.5, 0.6) is 5.75 Å². The quantitative estimate of drug-likeness (QED) is 0.277. The third kappa shape index (κ3) is 7.39. The van der Waals surface area contributed by atoms with Crippen molar-refractivity contribution in [2.45, 2.75) is 20.3 Å². The number of hydrogen-bond acceptors (Lipinski definition) is 8. The fourth-order valence-corrected chi connectivity index (χ4v) is 2.27. The minimum atomic E-state index is -0.897. The molecular formula is C21H23N3O5. The molecule has 0 aliphatic rings. The second-order valence-corrected chi connectivity index (χ2v) is 5.95. The van der Waals surface area contributed by atoms with E-state index in [0.717, 1.165) is 5.69 Å². The van der Waals surface area contributed by atoms with Crippen LogP contribution >= 0.6 is 0 Å². The Balaban J connectivity index is 2.81. The highest BCUT2D eigenvalue weighted by Gasteiger charge is 2.14. The van der Waals surface area contributed by atoms with Gasteiger partial charge in [0, 0.05) is 36.0 Å². The Morgan fingerprint density at radius 1 is 1.24 bits per heavy atom. The molecule has 0 heterocycles. The maximum absolute atomic E-state index is 12.0. The Labute approximate surface area is 169 Å². The van der Waals surface area contributed by atoms with Gasteiger partial charge in [0.2, 0.25) is 0 Å². The molecule has 8 heteroatoms. The Kier molecular flexibility index (Phi) is 9.49. The van der Waals surface area contributed by atoms with E-state index in [1.807, 2.05) is 11.8 Å². The number of carbonyl (C=O) groups excluding carboxylic acids is 2. The van der Waals surface area contributed by atoms with E-state index in [1.54, 1.807) is 18.2 Å². The van der Waals surface area contributed by atoms with Crippen LogP contribution in [-0.2, 0) is 19.1 Å². The van der Waals surface area contributed by atoms with Crippen LogP contribution in [0.1, 0.15) is 25.8 Å². The SMILES string of the molecule is C=C(C)C(=O)OCCOC(=O)/C(C#N)=C/c1ccc(N(CC)CCC#N)cc1O. The first-order chi connectivity index (χ1) is 13.8. The monoisotopic (exact) mass is 397 g/mol. The number of carbonyl (C=O) groups is 2. The Morgan fingerprint density at radius 2 is 1.90 bits per heavy atom. The lowest BCUT2D eigenvalue weighted by atomic mass is 10.1. The summed E-state index contributed by atoms with van der Waals surface area (Å²) < 4.78 is 9.70. The molecule has 0 unspecified atom stereocenters. The summed E-state index contributed by atoms with van der Waals surface area (Å²) in [5, 5.41) is 28.2. The molecule has 0 aliphatic heterocycles. The molecule has 29 heavy (non-hydrogen) atoms. The van der Waals surface area contributed by atoms with Crippen molar-refractivity contribution in [2.75, 3.05) is 31.2 Å². The summed E-state index contributed by atoms with van der Waals surface area (Å²) in [6.07, 6.45) is 1.56. The van der Waals surface area contributed by atoms with Gasteiger partial charge in [0.05, 0.1) is 12.5 Å². The number of esters is 2. The number of aromatic hydroxyl groups is 1. The topological polar surface area (TPSA) is 124 Å². The van der Waals surface area contributed by atoms with Crippen molar-refractivity contribution in [3.05, 3.63) is 41.5 Å². The standard InChI is InChI=1S/C21H23N3O5/c1-4-24(9-5-8-22)18-7-6-16(19(25)13-18)12-17(14-23)21(27)29-11-10-28-20(26)15(2)3/h6-7,12-13,25H,2,4-5,9-11H2,1,3H3/b17-12+. The molecular weight excluding hydrogens is 374 g/mol. The van der Waals surface area contributed by atoms with Crippen molar-refractivity contribution in [3.8, 4) is 17.9 Å². The molecule has 0 amide bonds. The van der Waals surface area contributed by atoms with Crippen molar-refractivity contribution in [1.82, 2.24) is 0 Å². The van der Waals surface area contributed by atoms with Crippen LogP contribution in [0.25, 0.3) is 6.08 Å². The average molecular weight is 397 g/mol. The Morgan fingerprint density at radius 3 is 2.41 bits per heavy atom. The maximum atomic E-state index is 12.0. The fraction of sp³-hybridized carbons (Fsp3) is 0.333. The molecule has 1 rings (SSSR count). The summed E-state index contributed by atoms with van der Waals surface area (Å²) in [6, 6.07) is 8.60. The van der Waals surface area contributed by atoms with Crippen LogP contribution in [0.3, 0.4) is 0 Å². The highest BCUT2D eigenvalue weighted by molar-refractivity contribution is 5.98. The molecule has 0 atom stereocenters. The van der Waals surface area contributed by atoms with Crippen LogP contribution in [0.2, 0.25) is 0 Å². The summed E-state index contributed by atoms with van der Waals surface area (Å²) in [4.78, 5) is 25.2. The van der Waals surface area contributed by atoms with Gasteiger partial charge in [-0.3, -0.25) is 0 Å². The molecule has 0 aromatic heterocycles. The molecule has 8 nitrogen and oxygen atoms in total. The number of rotatable bonds is 10. The summed E-state index contributed by atoms with van der Waals surface area (Å²) in [7, 11) is 0. The van der Waals surface area contributed by atoms with E-state index < -0.39 is 11.9 Å². The number of nitrogens with zero attached hydrogens (tertiary/aromatic N) is 3. The predicted octanol–water partition coefficient (Wildman–Crippen LogP) is 2.70. The fourth-order valence-electron chi connectivity index (χ4n) is 2.27. The summed E-state index contributed by atoms with van der Waals surface area (Å²) in [5.74, 6) is -1.61. The van der Waals surface area contributed by atoms with Gasteiger partial charge in [-0.05, 0) is 32.1 Å². The van der Waals surface area contributed by atoms with Gasteiger partial charge in [-0.15, -0.1) is 0 Å². The van der Waals surface area contributed by atoms with E-state index in [4.69, 9.17) is 14.7 Å². The van der Waals surface area contributed by atoms with E-state index in [2.05, 4.69) is 12.6 Å². The minimum absolute atomic E-state index is 0.117. The van der Waals surface area contributed by atoms with E-state index in [1.165, 1.54) is 19.1 Å². The van der Waals surface area contributed by atoms with Gasteiger partial charge in [0.1, 0.15) is 30.6 Å². The number of phenols is 1. The average Bonchev–Trinajstić information content (AvgIpc) is 2.70. The molecule has 1 N–H and O–H groups in total. The number of benzene rings is 1. The first-order valence-electron chi connectivity index (χ1n) is 8.90. The lowest BCUT2D eigenvalue weighted by Crippen LogP contribution is -2.23. The first kappa shape index (κ1) is 23.3. The molecule has 0 aliphatic carbocycles. The van der Waals surface area contributed by atoms with Gasteiger partial charge in [0.25, 0.3) is 0 Å². The zero-order valence-electron chi connectivity index (χ0n) is 16.5. The van der Waals surface area contributed by atoms with Crippen LogP contribution in [0.15, 0.2) is 35.9 Å². The van der Waals surface area contributed by atoms with Gasteiger partial charge < -0.3 is 19.5 Å². The van der Waals surface area contributed by atoms with Crippen molar-refractivity contribution in [2.24, 2.45) is 0 Å². The van der Waals surface area contributed by atoms with Crippen molar-refractivity contribution >= 4 is 23.7 Å². The molecule has 152 valence electrons. The number of nitriles is 2. The summed E-state index contributed by atoms with van der Waals surface area (Å²) in [6.45, 7) is 7.65. The smallest absolute Gasteiger partial charge is 0.349 e. The van der Waals surface area contributed by atoms with E-state index in [9.17, 15) is 20.0 Å². The number of phenolic OH excluding ortho intramolecular Hbond substituents is 1. The Hall–Kier alpha value is -3.78. The van der Waals surface area contributed by atoms with Gasteiger partial charge >= 0.3 is 11.9 Å². The van der Waals surface area contributed by atoms with Gasteiger partial charge in [-0.25, -0.2) is 9.59 Å². The molecule has 0 fully saturated rings. The highest BCUT2D eigenvalue weighted by Crippen LogP contribution is 2.27. The lowest BCUT2D eigenvalue weighted by molar-refractivity contribution is -0.147. The third-order valence-corrected chi connectivity index (χ3v) is 3.79. The summed E-state index contributed by atoms with van der Waals surface area (Å²) >= 11 is 0. The van der Waals surface area contributed by atoms with Crippen molar-refractivity contribution < 1.29 is 24.2 Å². The Bertz CT molecular complexity index is 877. The number of anilines is 1. The maximum Gasteiger partial charge on any atom is 0.349 e. The number of hydrogen-bond donors (Lipinski definition) is 1. The summed E-state index contributed by atoms with van der Waals surface area (Å²) in [5.41, 5.74) is 0.906. The highest BCUT2D eigenvalue weighted by atomic mass is 16.6. The van der Waals surface area contributed by atoms with Crippen molar-refractivity contribution in [3.63, 3.8) is 0 Å². The third-order valence-electron chi connectivity index (χ3n) is 3.79. The van der Waals surface area contributed by atoms with Crippen LogP contribution in [-0.4, -0.2) is 43.3 Å². The molecule has 1 aromatic carbocycles. The normalized spacial score (nSPS) is 10.4. The van der Waals surface area contributed by atoms with Gasteiger partial charge in [0.15, 0.2) is 0 Å². The molecule has 1 aromatic rings. The molecule has 0 spiro atoms. The first-order valence-corrected chi connectivity index (χ1v) is 8.90. The van der Waals surface area contributed by atoms with Crippen molar-refractivity contribution in [1.29, 1.82) is 10.5 Å². The van der Waals surface area contributed by atoms with Crippen LogP contribution < -0.4 is 4.90 Å². The number of ether oxygens (including phenoxy) is 2. The molecule has 0 radical (unpaired) electrons.